The molecule has 0 atom stereocenters. The molecule has 0 aliphatic carbocycles. The van der Waals surface area contributed by atoms with Crippen LogP contribution in [0, 0.1) is 6.92 Å². The summed E-state index contributed by atoms with van der Waals surface area (Å²) in [6, 6.07) is 17.6. The predicted molar refractivity (Wildman–Crippen MR) is 101 cm³/mol. The summed E-state index contributed by atoms with van der Waals surface area (Å²) in [5.74, 6) is 2.32. The third-order valence-corrected chi connectivity index (χ3v) is 4.21. The molecule has 0 saturated heterocycles. The van der Waals surface area contributed by atoms with Gasteiger partial charge in [0.15, 0.2) is 0 Å². The van der Waals surface area contributed by atoms with Crippen molar-refractivity contribution < 1.29 is 9.15 Å². The van der Waals surface area contributed by atoms with Gasteiger partial charge in [-0.3, -0.25) is 0 Å². The van der Waals surface area contributed by atoms with Gasteiger partial charge in [0.2, 0.25) is 5.89 Å². The molecule has 4 aromatic rings. The lowest BCUT2D eigenvalue weighted by Gasteiger charge is -2.04. The fraction of sp³-hybridized carbons (Fsp3) is 0.143. The topological polar surface area (TPSA) is 73.9 Å². The van der Waals surface area contributed by atoms with Crippen molar-refractivity contribution in [2.24, 2.45) is 0 Å². The largest absolute Gasteiger partial charge is 0.497 e. The van der Waals surface area contributed by atoms with Crippen molar-refractivity contribution in [3.63, 3.8) is 0 Å². The first-order chi connectivity index (χ1) is 13.2. The zero-order chi connectivity index (χ0) is 18.6. The minimum atomic E-state index is 0.400. The number of benzene rings is 2. The summed E-state index contributed by atoms with van der Waals surface area (Å²) in [5.41, 5.74) is 3.50. The summed E-state index contributed by atoms with van der Waals surface area (Å²) in [6.07, 6.45) is 2.42. The van der Waals surface area contributed by atoms with Crippen LogP contribution in [-0.2, 0) is 6.42 Å². The lowest BCUT2D eigenvalue weighted by atomic mass is 10.1. The molecule has 6 heteroatoms. The van der Waals surface area contributed by atoms with Crippen LogP contribution < -0.4 is 4.74 Å². The molecule has 0 aliphatic rings. The quantitative estimate of drug-likeness (QED) is 0.535. The lowest BCUT2D eigenvalue weighted by molar-refractivity contribution is 0.415. The van der Waals surface area contributed by atoms with E-state index in [1.165, 1.54) is 5.56 Å². The Morgan fingerprint density at radius 3 is 2.56 bits per heavy atom. The molecule has 0 N–H and O–H groups in total. The fourth-order valence-electron chi connectivity index (χ4n) is 2.79. The average molecular weight is 358 g/mol. The molecule has 0 radical (unpaired) electrons. The smallest absolute Gasteiger partial charge is 0.251 e. The van der Waals surface area contributed by atoms with Gasteiger partial charge in [-0.25, -0.2) is 9.97 Å². The Balaban J connectivity index is 1.59. The monoisotopic (exact) mass is 358 g/mol. The van der Waals surface area contributed by atoms with Crippen molar-refractivity contribution in [3.05, 3.63) is 77.9 Å². The molecule has 0 spiro atoms. The van der Waals surface area contributed by atoms with E-state index in [-0.39, 0.29) is 0 Å². The van der Waals surface area contributed by atoms with E-state index in [0.717, 1.165) is 28.4 Å². The minimum Gasteiger partial charge on any atom is -0.497 e. The molecule has 0 unspecified atom stereocenters. The van der Waals surface area contributed by atoms with E-state index in [1.807, 2.05) is 49.4 Å². The van der Waals surface area contributed by atoms with Gasteiger partial charge in [0, 0.05) is 18.2 Å². The molecule has 2 heterocycles. The average Bonchev–Trinajstić information content (AvgIpc) is 3.19. The van der Waals surface area contributed by atoms with E-state index in [4.69, 9.17) is 9.15 Å². The van der Waals surface area contributed by atoms with Gasteiger partial charge in [0.25, 0.3) is 5.89 Å². The first-order valence-electron chi connectivity index (χ1n) is 8.57. The third kappa shape index (κ3) is 3.69. The number of aryl methyl sites for hydroxylation is 1. The van der Waals surface area contributed by atoms with Gasteiger partial charge in [-0.1, -0.05) is 36.4 Å². The number of nitrogens with zero attached hydrogens (tertiary/aromatic N) is 4. The summed E-state index contributed by atoms with van der Waals surface area (Å²) in [6.45, 7) is 1.92. The second-order valence-corrected chi connectivity index (χ2v) is 6.09. The Bertz CT molecular complexity index is 1060. The normalized spacial score (nSPS) is 10.7. The number of aromatic nitrogens is 4. The van der Waals surface area contributed by atoms with E-state index in [0.29, 0.717) is 18.2 Å². The highest BCUT2D eigenvalue weighted by Crippen LogP contribution is 2.27. The minimum absolute atomic E-state index is 0.400. The first kappa shape index (κ1) is 16.9. The fourth-order valence-corrected chi connectivity index (χ4v) is 2.79. The number of hydrogen-bond donors (Lipinski definition) is 0. The van der Waals surface area contributed by atoms with Crippen LogP contribution in [0.5, 0.6) is 5.75 Å². The Hall–Kier alpha value is -3.54. The van der Waals surface area contributed by atoms with Crippen LogP contribution in [-0.4, -0.2) is 27.3 Å². The second kappa shape index (κ2) is 7.37. The van der Waals surface area contributed by atoms with Crippen LogP contribution in [0.4, 0.5) is 0 Å². The third-order valence-electron chi connectivity index (χ3n) is 4.21. The van der Waals surface area contributed by atoms with Gasteiger partial charge in [0.05, 0.1) is 18.4 Å². The summed E-state index contributed by atoms with van der Waals surface area (Å²) < 4.78 is 11.1. The molecular formula is C21H18N4O2. The number of rotatable bonds is 5. The van der Waals surface area contributed by atoms with Gasteiger partial charge in [-0.2, -0.15) is 0 Å². The van der Waals surface area contributed by atoms with Crippen LogP contribution in [0.1, 0.15) is 17.1 Å². The van der Waals surface area contributed by atoms with E-state index >= 15 is 0 Å². The maximum absolute atomic E-state index is 5.84. The Morgan fingerprint density at radius 1 is 0.963 bits per heavy atom. The Kier molecular flexibility index (Phi) is 4.61. The van der Waals surface area contributed by atoms with Crippen LogP contribution >= 0.6 is 0 Å². The standard InChI is InChI=1S/C21H18N4O2/c1-14-18(13-22-19(23-14)11-15-7-4-3-5-8-15)21-25-24-20(27-21)16-9-6-10-17(12-16)26-2/h3-10,12-13H,11H2,1-2H3. The van der Waals surface area contributed by atoms with Crippen LogP contribution in [0.15, 0.2) is 65.2 Å². The van der Waals surface area contributed by atoms with Crippen molar-refractivity contribution in [2.75, 3.05) is 7.11 Å². The van der Waals surface area contributed by atoms with Crippen molar-refractivity contribution >= 4 is 0 Å². The molecule has 0 saturated carbocycles. The Morgan fingerprint density at radius 2 is 1.78 bits per heavy atom. The van der Waals surface area contributed by atoms with Gasteiger partial charge in [-0.15, -0.1) is 10.2 Å². The highest BCUT2D eigenvalue weighted by molar-refractivity contribution is 5.60. The number of ether oxygens (including phenoxy) is 1. The summed E-state index contributed by atoms with van der Waals surface area (Å²) >= 11 is 0. The molecule has 0 amide bonds. The van der Waals surface area contributed by atoms with Gasteiger partial charge >= 0.3 is 0 Å². The van der Waals surface area contributed by atoms with E-state index < -0.39 is 0 Å². The number of methoxy groups -OCH3 is 1. The van der Waals surface area contributed by atoms with E-state index in [2.05, 4.69) is 32.3 Å². The van der Waals surface area contributed by atoms with E-state index in [9.17, 15) is 0 Å². The lowest BCUT2D eigenvalue weighted by Crippen LogP contribution is -2.00. The molecule has 0 fully saturated rings. The maximum Gasteiger partial charge on any atom is 0.251 e. The van der Waals surface area contributed by atoms with Gasteiger partial charge in [-0.05, 0) is 30.7 Å². The second-order valence-electron chi connectivity index (χ2n) is 6.09. The van der Waals surface area contributed by atoms with E-state index in [1.54, 1.807) is 13.3 Å². The van der Waals surface area contributed by atoms with Crippen LogP contribution in [0.3, 0.4) is 0 Å². The van der Waals surface area contributed by atoms with Gasteiger partial charge < -0.3 is 9.15 Å². The predicted octanol–water partition coefficient (Wildman–Crippen LogP) is 4.10. The first-order valence-corrected chi connectivity index (χ1v) is 8.57. The zero-order valence-corrected chi connectivity index (χ0v) is 15.1. The zero-order valence-electron chi connectivity index (χ0n) is 15.1. The van der Waals surface area contributed by atoms with Crippen molar-refractivity contribution in [2.45, 2.75) is 13.3 Å². The van der Waals surface area contributed by atoms with Crippen molar-refractivity contribution in [3.8, 4) is 28.7 Å². The van der Waals surface area contributed by atoms with Crippen LogP contribution in [0.25, 0.3) is 22.9 Å². The van der Waals surface area contributed by atoms with Crippen molar-refractivity contribution in [1.82, 2.24) is 20.2 Å². The molecular weight excluding hydrogens is 340 g/mol. The molecule has 0 bridgehead atoms. The highest BCUT2D eigenvalue weighted by atomic mass is 16.5. The van der Waals surface area contributed by atoms with Gasteiger partial charge in [0.1, 0.15) is 11.6 Å². The summed E-state index contributed by atoms with van der Waals surface area (Å²) in [4.78, 5) is 9.06. The maximum atomic E-state index is 5.84. The van der Waals surface area contributed by atoms with Crippen molar-refractivity contribution in [1.29, 1.82) is 0 Å². The molecule has 0 aliphatic heterocycles. The SMILES string of the molecule is COc1cccc(-c2nnc(-c3cnc(Cc4ccccc4)nc3C)o2)c1. The summed E-state index contributed by atoms with van der Waals surface area (Å²) in [5, 5.41) is 8.30. The molecule has 4 rings (SSSR count). The number of hydrogen-bond acceptors (Lipinski definition) is 6. The highest BCUT2D eigenvalue weighted by Gasteiger charge is 2.15. The molecule has 134 valence electrons. The molecule has 2 aromatic carbocycles. The Labute approximate surface area is 156 Å². The molecule has 2 aromatic heterocycles. The summed E-state index contributed by atoms with van der Waals surface area (Å²) in [7, 11) is 1.62. The molecule has 6 nitrogen and oxygen atoms in total. The van der Waals surface area contributed by atoms with Crippen LogP contribution in [0.2, 0.25) is 0 Å². The molecule has 27 heavy (non-hydrogen) atoms.